The Labute approximate surface area is 76.5 Å². The fourth-order valence-corrected chi connectivity index (χ4v) is 0.950. The molecule has 0 aliphatic rings. The molecule has 13 heavy (non-hydrogen) atoms. The normalized spacial score (nSPS) is 10.5. The summed E-state index contributed by atoms with van der Waals surface area (Å²) in [6.45, 7) is 0. The van der Waals surface area contributed by atoms with E-state index in [-0.39, 0.29) is 0 Å². The third-order valence-electron chi connectivity index (χ3n) is 1.51. The number of hydrogen-bond donors (Lipinski definition) is 1. The van der Waals surface area contributed by atoms with Crippen molar-refractivity contribution in [2.75, 3.05) is 0 Å². The molecule has 0 atom stereocenters. The number of aliphatic carboxylic acids is 1. The number of carboxylic acids is 1. The Kier molecular flexibility index (Phi) is 2.88. The van der Waals surface area contributed by atoms with Gasteiger partial charge in [-0.05, 0) is 5.56 Å². The molecule has 2 heteroatoms. The average molecular weight is 172 g/mol. The zero-order chi connectivity index (χ0) is 9.68. The van der Waals surface area contributed by atoms with Gasteiger partial charge in [0.2, 0.25) is 0 Å². The monoisotopic (exact) mass is 172 g/mol. The van der Waals surface area contributed by atoms with E-state index in [9.17, 15) is 4.79 Å². The molecule has 0 aliphatic carbocycles. The summed E-state index contributed by atoms with van der Waals surface area (Å²) < 4.78 is 0. The van der Waals surface area contributed by atoms with Gasteiger partial charge in [0, 0.05) is 11.6 Å². The van der Waals surface area contributed by atoms with Gasteiger partial charge in [-0.15, -0.1) is 6.42 Å². The van der Waals surface area contributed by atoms with Crippen LogP contribution in [0.5, 0.6) is 0 Å². The second-order valence-corrected chi connectivity index (χ2v) is 2.41. The first-order chi connectivity index (χ1) is 6.24. The first-order valence-corrected chi connectivity index (χ1v) is 3.70. The van der Waals surface area contributed by atoms with E-state index in [1.54, 1.807) is 12.1 Å². The lowest BCUT2D eigenvalue weighted by Gasteiger charge is -1.97. The van der Waals surface area contributed by atoms with E-state index in [1.165, 1.54) is 0 Å². The Morgan fingerprint density at radius 3 is 2.46 bits per heavy atom. The number of benzene rings is 1. The molecule has 0 radical (unpaired) electrons. The Morgan fingerprint density at radius 1 is 1.38 bits per heavy atom. The molecule has 0 aliphatic heterocycles. The van der Waals surface area contributed by atoms with Crippen molar-refractivity contribution in [2.24, 2.45) is 0 Å². The molecule has 1 aromatic rings. The van der Waals surface area contributed by atoms with Gasteiger partial charge in [-0.3, -0.25) is 0 Å². The number of carboxylic acid groups (broad SMARTS) is 1. The van der Waals surface area contributed by atoms with Gasteiger partial charge < -0.3 is 5.11 Å². The summed E-state index contributed by atoms with van der Waals surface area (Å²) >= 11 is 0. The predicted octanol–water partition coefficient (Wildman–Crippen LogP) is 1.79. The van der Waals surface area contributed by atoms with Gasteiger partial charge in [0.25, 0.3) is 0 Å². The Hall–Kier alpha value is -2.01. The van der Waals surface area contributed by atoms with E-state index < -0.39 is 5.97 Å². The number of rotatable bonds is 2. The van der Waals surface area contributed by atoms with Crippen molar-refractivity contribution in [3.05, 3.63) is 42.0 Å². The highest BCUT2D eigenvalue weighted by Gasteiger charge is 1.98. The van der Waals surface area contributed by atoms with E-state index in [0.29, 0.717) is 5.57 Å². The van der Waals surface area contributed by atoms with Crippen LogP contribution in [-0.2, 0) is 4.79 Å². The van der Waals surface area contributed by atoms with Crippen molar-refractivity contribution in [3.8, 4) is 12.3 Å². The van der Waals surface area contributed by atoms with E-state index in [4.69, 9.17) is 11.5 Å². The molecule has 1 aromatic carbocycles. The number of hydrogen-bond acceptors (Lipinski definition) is 1. The topological polar surface area (TPSA) is 37.3 Å². The number of allylic oxidation sites excluding steroid dienone is 1. The molecule has 64 valence electrons. The number of carbonyl (C=O) groups is 1. The van der Waals surface area contributed by atoms with Crippen LogP contribution in [0, 0.1) is 12.3 Å². The minimum Gasteiger partial charge on any atom is -0.478 e. The molecule has 1 N–H and O–H groups in total. The lowest BCUT2D eigenvalue weighted by atomic mass is 10.1. The smallest absolute Gasteiger partial charge is 0.329 e. The van der Waals surface area contributed by atoms with E-state index in [2.05, 4.69) is 5.92 Å². The minimum absolute atomic E-state index is 0.383. The maximum absolute atomic E-state index is 10.4. The van der Waals surface area contributed by atoms with Gasteiger partial charge in [-0.1, -0.05) is 36.3 Å². The summed E-state index contributed by atoms with van der Waals surface area (Å²) in [5.41, 5.74) is 1.13. The first kappa shape index (κ1) is 9.08. The standard InChI is InChI=1S/C11H8O2/c1-2-9(8-11(12)13)10-6-4-3-5-7-10/h1,3-8H,(H,12,13)/b9-8-. The molecule has 2 nitrogen and oxygen atoms in total. The van der Waals surface area contributed by atoms with Gasteiger partial charge in [0.05, 0.1) is 0 Å². The van der Waals surface area contributed by atoms with E-state index in [1.807, 2.05) is 18.2 Å². The van der Waals surface area contributed by atoms with Crippen LogP contribution in [0.25, 0.3) is 5.57 Å². The minimum atomic E-state index is -1.03. The molecule has 1 rings (SSSR count). The number of terminal acetylenes is 1. The highest BCUT2D eigenvalue weighted by atomic mass is 16.4. The van der Waals surface area contributed by atoms with Crippen molar-refractivity contribution in [1.82, 2.24) is 0 Å². The lowest BCUT2D eigenvalue weighted by Crippen LogP contribution is -1.90. The van der Waals surface area contributed by atoms with Crippen molar-refractivity contribution >= 4 is 11.5 Å². The van der Waals surface area contributed by atoms with Crippen LogP contribution in [0.2, 0.25) is 0 Å². The van der Waals surface area contributed by atoms with Crippen LogP contribution in [0.4, 0.5) is 0 Å². The summed E-state index contributed by atoms with van der Waals surface area (Å²) in [5, 5.41) is 8.50. The lowest BCUT2D eigenvalue weighted by molar-refractivity contribution is -0.131. The predicted molar refractivity (Wildman–Crippen MR) is 50.9 cm³/mol. The van der Waals surface area contributed by atoms with E-state index >= 15 is 0 Å². The second-order valence-electron chi connectivity index (χ2n) is 2.41. The molecule has 0 saturated carbocycles. The van der Waals surface area contributed by atoms with Gasteiger partial charge >= 0.3 is 5.97 Å². The molecular weight excluding hydrogens is 164 g/mol. The van der Waals surface area contributed by atoms with Gasteiger partial charge in [-0.2, -0.15) is 0 Å². The van der Waals surface area contributed by atoms with Gasteiger partial charge in [0.1, 0.15) is 0 Å². The maximum atomic E-state index is 10.4. The van der Waals surface area contributed by atoms with Crippen molar-refractivity contribution < 1.29 is 9.90 Å². The molecular formula is C11H8O2. The summed E-state index contributed by atoms with van der Waals surface area (Å²) in [5.74, 6) is 1.30. The Bertz CT molecular complexity index is 369. The van der Waals surface area contributed by atoms with Crippen LogP contribution in [0.1, 0.15) is 5.56 Å². The molecule has 0 saturated heterocycles. The molecule has 0 unspecified atom stereocenters. The highest BCUT2D eigenvalue weighted by molar-refractivity contribution is 5.94. The van der Waals surface area contributed by atoms with Gasteiger partial charge in [-0.25, -0.2) is 4.79 Å². The maximum Gasteiger partial charge on any atom is 0.329 e. The third kappa shape index (κ3) is 2.49. The van der Waals surface area contributed by atoms with Crippen LogP contribution in [0.15, 0.2) is 36.4 Å². The van der Waals surface area contributed by atoms with Gasteiger partial charge in [0.15, 0.2) is 0 Å². The van der Waals surface area contributed by atoms with Crippen LogP contribution in [-0.4, -0.2) is 11.1 Å². The van der Waals surface area contributed by atoms with Crippen LogP contribution >= 0.6 is 0 Å². The third-order valence-corrected chi connectivity index (χ3v) is 1.51. The molecule has 0 fully saturated rings. The van der Waals surface area contributed by atoms with Crippen molar-refractivity contribution in [2.45, 2.75) is 0 Å². The molecule has 0 amide bonds. The largest absolute Gasteiger partial charge is 0.478 e. The van der Waals surface area contributed by atoms with Crippen molar-refractivity contribution in [1.29, 1.82) is 0 Å². The zero-order valence-electron chi connectivity index (χ0n) is 6.90. The Morgan fingerprint density at radius 2 is 2.00 bits per heavy atom. The summed E-state index contributed by atoms with van der Waals surface area (Å²) in [6, 6.07) is 9.01. The fourth-order valence-electron chi connectivity index (χ4n) is 0.950. The Balaban J connectivity index is 3.07. The molecule has 0 aromatic heterocycles. The van der Waals surface area contributed by atoms with E-state index in [0.717, 1.165) is 11.6 Å². The van der Waals surface area contributed by atoms with Crippen molar-refractivity contribution in [3.63, 3.8) is 0 Å². The van der Waals surface area contributed by atoms with Crippen LogP contribution in [0.3, 0.4) is 0 Å². The quantitative estimate of drug-likeness (QED) is 0.545. The zero-order valence-corrected chi connectivity index (χ0v) is 6.90. The average Bonchev–Trinajstić information content (AvgIpc) is 2.15. The fraction of sp³-hybridized carbons (Fsp3) is 0. The molecule has 0 spiro atoms. The molecule has 0 heterocycles. The second kappa shape index (κ2) is 4.13. The highest BCUT2D eigenvalue weighted by Crippen LogP contribution is 2.11. The SMILES string of the molecule is C#C/C(=C/C(=O)O)c1ccccc1. The summed E-state index contributed by atoms with van der Waals surface area (Å²) in [4.78, 5) is 10.4. The molecule has 0 bridgehead atoms. The first-order valence-electron chi connectivity index (χ1n) is 3.70. The summed E-state index contributed by atoms with van der Waals surface area (Å²) in [6.07, 6.45) is 6.19. The summed E-state index contributed by atoms with van der Waals surface area (Å²) in [7, 11) is 0. The van der Waals surface area contributed by atoms with Crippen LogP contribution < -0.4 is 0 Å².